The fourth-order valence-corrected chi connectivity index (χ4v) is 2.80. The van der Waals surface area contributed by atoms with Gasteiger partial charge in [-0.25, -0.2) is 4.79 Å². The fraction of sp³-hybridized carbons (Fsp3) is 0.150. The van der Waals surface area contributed by atoms with Crippen molar-refractivity contribution in [2.75, 3.05) is 0 Å². The summed E-state index contributed by atoms with van der Waals surface area (Å²) in [7, 11) is 0. The molecule has 3 aromatic carbocycles. The second-order valence-corrected chi connectivity index (χ2v) is 6.36. The zero-order chi connectivity index (χ0) is 20.5. The van der Waals surface area contributed by atoms with Gasteiger partial charge in [0.25, 0.3) is 0 Å². The number of hydrogen-bond donors (Lipinski definition) is 1. The van der Waals surface area contributed by atoms with Gasteiger partial charge >= 0.3 is 12.1 Å². The van der Waals surface area contributed by atoms with E-state index in [4.69, 9.17) is 26.2 Å². The quantitative estimate of drug-likeness (QED) is 0.547. The largest absolute Gasteiger partial charge is 0.479 e. The van der Waals surface area contributed by atoms with Gasteiger partial charge in [-0.2, -0.15) is 13.2 Å². The molecule has 0 saturated heterocycles. The minimum atomic E-state index is -4.59. The highest BCUT2D eigenvalue weighted by Gasteiger charge is 2.34. The first-order chi connectivity index (χ1) is 13.1. The number of halogens is 4. The van der Waals surface area contributed by atoms with Gasteiger partial charge in [-0.1, -0.05) is 29.8 Å². The molecule has 1 unspecified atom stereocenters. The number of carboxylic acids is 1. The summed E-state index contributed by atoms with van der Waals surface area (Å²) in [6, 6.07) is 13.3. The number of benzene rings is 3. The summed E-state index contributed by atoms with van der Waals surface area (Å²) in [6.07, 6.45) is -5.62. The van der Waals surface area contributed by atoms with E-state index in [2.05, 4.69) is 0 Å². The molecule has 146 valence electrons. The van der Waals surface area contributed by atoms with Crippen LogP contribution in [0.25, 0.3) is 10.8 Å². The first-order valence-corrected chi connectivity index (χ1v) is 8.50. The molecule has 3 aromatic rings. The zero-order valence-electron chi connectivity index (χ0n) is 14.5. The molecule has 0 radical (unpaired) electrons. The molecule has 1 atom stereocenters. The molecule has 0 aliphatic rings. The van der Waals surface area contributed by atoms with E-state index in [0.717, 1.165) is 11.5 Å². The Balaban J connectivity index is 1.91. The van der Waals surface area contributed by atoms with Gasteiger partial charge in [-0.05, 0) is 54.1 Å². The second kappa shape index (κ2) is 7.59. The molecule has 0 fully saturated rings. The fourth-order valence-electron chi connectivity index (χ4n) is 2.53. The van der Waals surface area contributed by atoms with Crippen LogP contribution in [0.5, 0.6) is 17.2 Å². The van der Waals surface area contributed by atoms with Crippen LogP contribution in [0.1, 0.15) is 12.5 Å². The number of ether oxygens (including phenoxy) is 2. The molecule has 3 rings (SSSR count). The van der Waals surface area contributed by atoms with E-state index in [1.165, 1.54) is 19.1 Å². The summed E-state index contributed by atoms with van der Waals surface area (Å²) < 4.78 is 49.8. The van der Waals surface area contributed by atoms with Gasteiger partial charge in [0.2, 0.25) is 0 Å². The van der Waals surface area contributed by atoms with Gasteiger partial charge in [0.1, 0.15) is 17.2 Å². The van der Waals surface area contributed by atoms with Crippen LogP contribution in [-0.4, -0.2) is 17.2 Å². The highest BCUT2D eigenvalue weighted by Crippen LogP contribution is 2.41. The molecule has 8 heteroatoms. The lowest BCUT2D eigenvalue weighted by atomic mass is 10.1. The summed E-state index contributed by atoms with van der Waals surface area (Å²) in [5.74, 6) is -0.604. The molecule has 1 N–H and O–H groups in total. The molecule has 0 heterocycles. The summed E-state index contributed by atoms with van der Waals surface area (Å²) in [5, 5.41) is 9.89. The minimum Gasteiger partial charge on any atom is -0.479 e. The third-order valence-corrected chi connectivity index (χ3v) is 4.33. The molecule has 0 spiro atoms. The average Bonchev–Trinajstić information content (AvgIpc) is 2.62. The van der Waals surface area contributed by atoms with Crippen molar-refractivity contribution < 1.29 is 32.5 Å². The number of rotatable bonds is 5. The van der Waals surface area contributed by atoms with Crippen LogP contribution < -0.4 is 9.47 Å². The van der Waals surface area contributed by atoms with Crippen LogP contribution in [0.4, 0.5) is 13.2 Å². The van der Waals surface area contributed by atoms with Crippen molar-refractivity contribution in [2.24, 2.45) is 0 Å². The number of carboxylic acid groups (broad SMARTS) is 1. The molecule has 0 amide bonds. The standard InChI is InChI=1S/C20H14ClF3O4/c1-11(19(25)26)27-14-7-5-12-6-8-15(10-13(12)9-14)28-17-4-2-3-16(18(17)21)20(22,23)24/h2-11H,1H3,(H,25,26). The Labute approximate surface area is 163 Å². The summed E-state index contributed by atoms with van der Waals surface area (Å²) in [5.41, 5.74) is -0.981. The van der Waals surface area contributed by atoms with Gasteiger partial charge in [0.15, 0.2) is 6.10 Å². The van der Waals surface area contributed by atoms with E-state index in [0.29, 0.717) is 11.1 Å². The highest BCUT2D eigenvalue weighted by molar-refractivity contribution is 6.32. The molecule has 28 heavy (non-hydrogen) atoms. The summed E-state index contributed by atoms with van der Waals surface area (Å²) >= 11 is 5.85. The van der Waals surface area contributed by atoms with E-state index < -0.39 is 28.8 Å². The maximum Gasteiger partial charge on any atom is 0.417 e. The third kappa shape index (κ3) is 4.31. The lowest BCUT2D eigenvalue weighted by Gasteiger charge is -2.14. The second-order valence-electron chi connectivity index (χ2n) is 5.99. The normalized spacial score (nSPS) is 12.6. The van der Waals surface area contributed by atoms with E-state index in [9.17, 15) is 18.0 Å². The lowest BCUT2D eigenvalue weighted by Crippen LogP contribution is -2.22. The number of alkyl halides is 3. The molecular weight excluding hydrogens is 397 g/mol. The first-order valence-electron chi connectivity index (χ1n) is 8.12. The molecule has 0 aliphatic heterocycles. The number of fused-ring (bicyclic) bond motifs is 1. The van der Waals surface area contributed by atoms with Crippen molar-refractivity contribution >= 4 is 28.3 Å². The Morgan fingerprint density at radius 3 is 2.32 bits per heavy atom. The van der Waals surface area contributed by atoms with Crippen LogP contribution >= 0.6 is 11.6 Å². The van der Waals surface area contributed by atoms with Gasteiger partial charge in [0, 0.05) is 0 Å². The van der Waals surface area contributed by atoms with E-state index in [-0.39, 0.29) is 11.5 Å². The zero-order valence-corrected chi connectivity index (χ0v) is 15.2. The van der Waals surface area contributed by atoms with Crippen molar-refractivity contribution in [3.05, 3.63) is 65.2 Å². The lowest BCUT2D eigenvalue weighted by molar-refractivity contribution is -0.144. The molecule has 0 aliphatic carbocycles. The smallest absolute Gasteiger partial charge is 0.417 e. The van der Waals surface area contributed by atoms with E-state index in [1.807, 2.05) is 0 Å². The first kappa shape index (κ1) is 19.8. The van der Waals surface area contributed by atoms with Crippen molar-refractivity contribution in [1.29, 1.82) is 0 Å². The Kier molecular flexibility index (Phi) is 5.38. The average molecular weight is 411 g/mol. The SMILES string of the molecule is CC(Oc1ccc2ccc(Oc3cccc(C(F)(F)F)c3Cl)cc2c1)C(=O)O. The molecule has 0 saturated carbocycles. The maximum absolute atomic E-state index is 13.0. The Morgan fingerprint density at radius 1 is 1.04 bits per heavy atom. The number of hydrogen-bond acceptors (Lipinski definition) is 3. The maximum atomic E-state index is 13.0. The number of carbonyl (C=O) groups is 1. The van der Waals surface area contributed by atoms with Crippen molar-refractivity contribution in [1.82, 2.24) is 0 Å². The van der Waals surface area contributed by atoms with E-state index >= 15 is 0 Å². The van der Waals surface area contributed by atoms with Gasteiger partial charge in [-0.3, -0.25) is 0 Å². The van der Waals surface area contributed by atoms with Crippen LogP contribution in [0.3, 0.4) is 0 Å². The van der Waals surface area contributed by atoms with Crippen LogP contribution in [0.2, 0.25) is 5.02 Å². The van der Waals surface area contributed by atoms with Gasteiger partial charge in [-0.15, -0.1) is 0 Å². The predicted molar refractivity (Wildman–Crippen MR) is 98.2 cm³/mol. The van der Waals surface area contributed by atoms with Gasteiger partial charge in [0.05, 0.1) is 10.6 Å². The monoisotopic (exact) mass is 410 g/mol. The molecule has 4 nitrogen and oxygen atoms in total. The topological polar surface area (TPSA) is 55.8 Å². The summed E-state index contributed by atoms with van der Waals surface area (Å²) in [6.45, 7) is 1.40. The Morgan fingerprint density at radius 2 is 1.68 bits per heavy atom. The van der Waals surface area contributed by atoms with Crippen molar-refractivity contribution in [2.45, 2.75) is 19.2 Å². The highest BCUT2D eigenvalue weighted by atomic mass is 35.5. The van der Waals surface area contributed by atoms with Crippen molar-refractivity contribution in [3.63, 3.8) is 0 Å². The molecule has 0 aromatic heterocycles. The number of aliphatic carboxylic acids is 1. The van der Waals surface area contributed by atoms with E-state index in [1.54, 1.807) is 36.4 Å². The van der Waals surface area contributed by atoms with Crippen LogP contribution in [0.15, 0.2) is 54.6 Å². The Hall–Kier alpha value is -2.93. The predicted octanol–water partition coefficient (Wildman–Crippen LogP) is 6.16. The molecule has 0 bridgehead atoms. The minimum absolute atomic E-state index is 0.122. The summed E-state index contributed by atoms with van der Waals surface area (Å²) in [4.78, 5) is 10.9. The van der Waals surface area contributed by atoms with Crippen LogP contribution in [-0.2, 0) is 11.0 Å². The molecular formula is C20H14ClF3O4. The van der Waals surface area contributed by atoms with Gasteiger partial charge < -0.3 is 14.6 Å². The Bertz CT molecular complexity index is 1030. The van der Waals surface area contributed by atoms with Crippen LogP contribution in [0, 0.1) is 0 Å². The van der Waals surface area contributed by atoms with Crippen molar-refractivity contribution in [3.8, 4) is 17.2 Å². The third-order valence-electron chi connectivity index (χ3n) is 3.94.